The number of aromatic nitrogens is 5. The van der Waals surface area contributed by atoms with Crippen molar-refractivity contribution in [2.24, 2.45) is 7.05 Å². The zero-order valence-electron chi connectivity index (χ0n) is 15.7. The summed E-state index contributed by atoms with van der Waals surface area (Å²) in [5.41, 5.74) is 2.58. The van der Waals surface area contributed by atoms with Crippen LogP contribution in [0.2, 0.25) is 0 Å². The van der Waals surface area contributed by atoms with Gasteiger partial charge in [-0.3, -0.25) is 14.0 Å². The lowest BCUT2D eigenvalue weighted by Gasteiger charge is -2.23. The van der Waals surface area contributed by atoms with E-state index < -0.39 is 0 Å². The molecule has 3 aromatic rings. The number of nitrogens with zero attached hydrogens (tertiary/aromatic N) is 6. The average Bonchev–Trinajstić information content (AvgIpc) is 3.41. The van der Waals surface area contributed by atoms with Crippen LogP contribution in [-0.2, 0) is 13.5 Å². The van der Waals surface area contributed by atoms with Gasteiger partial charge in [-0.2, -0.15) is 5.10 Å². The lowest BCUT2D eigenvalue weighted by molar-refractivity contribution is 0.0723. The first-order chi connectivity index (χ1) is 13.1. The van der Waals surface area contributed by atoms with E-state index >= 15 is 0 Å². The van der Waals surface area contributed by atoms with E-state index in [4.69, 9.17) is 0 Å². The van der Waals surface area contributed by atoms with Crippen molar-refractivity contribution >= 4 is 5.91 Å². The number of rotatable bonds is 5. The quantitative estimate of drug-likeness (QED) is 0.698. The maximum Gasteiger partial charge on any atom is 0.274 e. The first-order valence-corrected chi connectivity index (χ1v) is 9.39. The SMILES string of the molecule is Cc1cc(C(=O)N2CCCC2CCc2nncn2-c2ccccc2)nn1C. The third kappa shape index (κ3) is 3.49. The van der Waals surface area contributed by atoms with Gasteiger partial charge in [-0.15, -0.1) is 10.2 Å². The third-order valence-corrected chi connectivity index (χ3v) is 5.32. The fourth-order valence-electron chi connectivity index (χ4n) is 3.74. The molecule has 140 valence electrons. The molecule has 3 heterocycles. The van der Waals surface area contributed by atoms with Crippen molar-refractivity contribution in [3.63, 3.8) is 0 Å². The number of aryl methyl sites for hydroxylation is 3. The summed E-state index contributed by atoms with van der Waals surface area (Å²) in [5.74, 6) is 0.958. The van der Waals surface area contributed by atoms with E-state index in [0.717, 1.165) is 49.4 Å². The fourth-order valence-corrected chi connectivity index (χ4v) is 3.74. The molecule has 2 aromatic heterocycles. The Morgan fingerprint density at radius 1 is 1.26 bits per heavy atom. The van der Waals surface area contributed by atoms with Crippen LogP contribution in [0.1, 0.15) is 41.3 Å². The summed E-state index contributed by atoms with van der Waals surface area (Å²) in [5, 5.41) is 12.7. The summed E-state index contributed by atoms with van der Waals surface area (Å²) in [6.45, 7) is 2.76. The summed E-state index contributed by atoms with van der Waals surface area (Å²) < 4.78 is 3.77. The lowest BCUT2D eigenvalue weighted by Crippen LogP contribution is -2.36. The Morgan fingerprint density at radius 2 is 2.07 bits per heavy atom. The standard InChI is InChI=1S/C20H24N6O/c1-15-13-18(23-24(15)2)20(27)25-12-6-9-17(25)10-11-19-22-21-14-26(19)16-7-4-3-5-8-16/h3-5,7-8,13-14,17H,6,9-12H2,1-2H3. The predicted molar refractivity (Wildman–Crippen MR) is 102 cm³/mol. The number of benzene rings is 1. The minimum atomic E-state index is 0.0331. The average molecular weight is 364 g/mol. The van der Waals surface area contributed by atoms with Gasteiger partial charge in [0.25, 0.3) is 5.91 Å². The summed E-state index contributed by atoms with van der Waals surface area (Å²) >= 11 is 0. The normalized spacial score (nSPS) is 16.8. The topological polar surface area (TPSA) is 68.8 Å². The van der Waals surface area contributed by atoms with Crippen molar-refractivity contribution in [3.05, 3.63) is 59.9 Å². The minimum absolute atomic E-state index is 0.0331. The molecule has 1 unspecified atom stereocenters. The Kier molecular flexibility index (Phi) is 4.75. The molecule has 7 nitrogen and oxygen atoms in total. The van der Waals surface area contributed by atoms with Crippen molar-refractivity contribution in [1.29, 1.82) is 0 Å². The van der Waals surface area contributed by atoms with Gasteiger partial charge in [0.2, 0.25) is 0 Å². The van der Waals surface area contributed by atoms with Crippen LogP contribution in [0.5, 0.6) is 0 Å². The summed E-state index contributed by atoms with van der Waals surface area (Å²) in [6.07, 6.45) is 5.47. The number of carbonyl (C=O) groups excluding carboxylic acids is 1. The van der Waals surface area contributed by atoms with E-state index in [2.05, 4.69) is 15.3 Å². The van der Waals surface area contributed by atoms with Gasteiger partial charge < -0.3 is 4.90 Å². The molecule has 1 amide bonds. The molecule has 1 fully saturated rings. The molecule has 0 N–H and O–H groups in total. The van der Waals surface area contributed by atoms with Gasteiger partial charge in [-0.25, -0.2) is 0 Å². The predicted octanol–water partition coefficient (Wildman–Crippen LogP) is 2.55. The molecule has 0 bridgehead atoms. The van der Waals surface area contributed by atoms with Gasteiger partial charge in [-0.05, 0) is 44.4 Å². The molecule has 0 radical (unpaired) electrons. The van der Waals surface area contributed by atoms with Crippen LogP contribution < -0.4 is 0 Å². The van der Waals surface area contributed by atoms with Gasteiger partial charge in [0, 0.05) is 37.4 Å². The van der Waals surface area contributed by atoms with Gasteiger partial charge in [-0.1, -0.05) is 18.2 Å². The van der Waals surface area contributed by atoms with E-state index in [0.29, 0.717) is 5.69 Å². The van der Waals surface area contributed by atoms with Gasteiger partial charge >= 0.3 is 0 Å². The number of hydrogen-bond acceptors (Lipinski definition) is 4. The zero-order chi connectivity index (χ0) is 18.8. The van der Waals surface area contributed by atoms with E-state index in [1.54, 1.807) is 11.0 Å². The van der Waals surface area contributed by atoms with Crippen molar-refractivity contribution in [3.8, 4) is 5.69 Å². The van der Waals surface area contributed by atoms with E-state index in [9.17, 15) is 4.79 Å². The van der Waals surface area contributed by atoms with Crippen LogP contribution in [0.15, 0.2) is 42.7 Å². The number of amides is 1. The summed E-state index contributed by atoms with van der Waals surface area (Å²) in [4.78, 5) is 14.9. The molecule has 1 saturated heterocycles. The van der Waals surface area contributed by atoms with E-state index in [1.807, 2.05) is 59.8 Å². The maximum absolute atomic E-state index is 12.9. The number of likely N-dealkylation sites (tertiary alicyclic amines) is 1. The van der Waals surface area contributed by atoms with Crippen LogP contribution in [0, 0.1) is 6.92 Å². The summed E-state index contributed by atoms with van der Waals surface area (Å²) in [6, 6.07) is 12.2. The lowest BCUT2D eigenvalue weighted by atomic mass is 10.1. The van der Waals surface area contributed by atoms with Gasteiger partial charge in [0.1, 0.15) is 12.2 Å². The molecular weight excluding hydrogens is 340 g/mol. The molecule has 0 saturated carbocycles. The fraction of sp³-hybridized carbons (Fsp3) is 0.400. The van der Waals surface area contributed by atoms with Gasteiger partial charge in [0.05, 0.1) is 0 Å². The molecule has 4 rings (SSSR count). The smallest absolute Gasteiger partial charge is 0.274 e. The van der Waals surface area contributed by atoms with Crippen LogP contribution in [0.4, 0.5) is 0 Å². The summed E-state index contributed by atoms with van der Waals surface area (Å²) in [7, 11) is 1.87. The molecular formula is C20H24N6O. The Hall–Kier alpha value is -2.96. The molecule has 1 aromatic carbocycles. The van der Waals surface area contributed by atoms with Crippen LogP contribution in [-0.4, -0.2) is 47.9 Å². The highest BCUT2D eigenvalue weighted by molar-refractivity contribution is 5.92. The number of hydrogen-bond donors (Lipinski definition) is 0. The Morgan fingerprint density at radius 3 is 2.81 bits per heavy atom. The second-order valence-electron chi connectivity index (χ2n) is 7.08. The first kappa shape index (κ1) is 17.5. The molecule has 0 spiro atoms. The Labute approximate surface area is 158 Å². The first-order valence-electron chi connectivity index (χ1n) is 9.39. The molecule has 0 aliphatic carbocycles. The molecule has 7 heteroatoms. The second kappa shape index (κ2) is 7.34. The monoisotopic (exact) mass is 364 g/mol. The van der Waals surface area contributed by atoms with Crippen LogP contribution in [0.3, 0.4) is 0 Å². The Balaban J connectivity index is 1.45. The van der Waals surface area contributed by atoms with E-state index in [-0.39, 0.29) is 11.9 Å². The third-order valence-electron chi connectivity index (χ3n) is 5.32. The molecule has 1 atom stereocenters. The van der Waals surface area contributed by atoms with Crippen LogP contribution in [0.25, 0.3) is 5.69 Å². The number of para-hydroxylation sites is 1. The maximum atomic E-state index is 12.9. The minimum Gasteiger partial charge on any atom is -0.334 e. The number of carbonyl (C=O) groups is 1. The van der Waals surface area contributed by atoms with Crippen molar-refractivity contribution < 1.29 is 4.79 Å². The largest absolute Gasteiger partial charge is 0.334 e. The Bertz CT molecular complexity index is 910. The highest BCUT2D eigenvalue weighted by Crippen LogP contribution is 2.24. The second-order valence-corrected chi connectivity index (χ2v) is 7.08. The van der Waals surface area contributed by atoms with E-state index in [1.165, 1.54) is 0 Å². The highest BCUT2D eigenvalue weighted by Gasteiger charge is 2.30. The zero-order valence-corrected chi connectivity index (χ0v) is 15.7. The van der Waals surface area contributed by atoms with Crippen LogP contribution >= 0.6 is 0 Å². The van der Waals surface area contributed by atoms with Crippen molar-refractivity contribution in [1.82, 2.24) is 29.4 Å². The highest BCUT2D eigenvalue weighted by atomic mass is 16.2. The van der Waals surface area contributed by atoms with Crippen molar-refractivity contribution in [2.75, 3.05) is 6.54 Å². The van der Waals surface area contributed by atoms with Gasteiger partial charge in [0.15, 0.2) is 5.69 Å². The molecule has 1 aliphatic rings. The molecule has 1 aliphatic heterocycles. The molecule has 27 heavy (non-hydrogen) atoms. The van der Waals surface area contributed by atoms with Crippen molar-refractivity contribution in [2.45, 2.75) is 38.6 Å².